The van der Waals surface area contributed by atoms with E-state index in [9.17, 15) is 10.1 Å². The maximum atomic E-state index is 12.9. The van der Waals surface area contributed by atoms with Crippen LogP contribution in [-0.4, -0.2) is 24.4 Å². The van der Waals surface area contributed by atoms with Crippen molar-refractivity contribution in [2.45, 2.75) is 47.0 Å². The molecule has 0 spiro atoms. The van der Waals surface area contributed by atoms with E-state index in [1.165, 1.54) is 16.2 Å². The quantitative estimate of drug-likeness (QED) is 0.271. The van der Waals surface area contributed by atoms with Gasteiger partial charge in [0.15, 0.2) is 11.5 Å². The van der Waals surface area contributed by atoms with Crippen LogP contribution in [0.15, 0.2) is 29.8 Å². The van der Waals surface area contributed by atoms with E-state index in [1.54, 1.807) is 17.5 Å². The van der Waals surface area contributed by atoms with Crippen molar-refractivity contribution in [2.24, 2.45) is 11.3 Å². The summed E-state index contributed by atoms with van der Waals surface area (Å²) in [6.45, 7) is 9.16. The summed E-state index contributed by atoms with van der Waals surface area (Å²) in [6.07, 6.45) is 4.48. The van der Waals surface area contributed by atoms with Crippen LogP contribution in [0.5, 0.6) is 11.5 Å². The smallest absolute Gasteiger partial charge is 0.341 e. The summed E-state index contributed by atoms with van der Waals surface area (Å²) < 4.78 is 16.3. The molecule has 0 bridgehead atoms. The average molecular weight is 536 g/mol. The minimum Gasteiger partial charge on any atom is -0.462 e. The van der Waals surface area contributed by atoms with Gasteiger partial charge in [0.2, 0.25) is 6.79 Å². The van der Waals surface area contributed by atoms with Gasteiger partial charge >= 0.3 is 5.97 Å². The second kappa shape index (κ2) is 10.2. The number of carbonyl (C=O) groups excluding carboxylic acids is 1. The molecule has 3 aromatic rings. The van der Waals surface area contributed by atoms with E-state index in [2.05, 4.69) is 37.1 Å². The first-order valence-corrected chi connectivity index (χ1v) is 14.0. The topological polar surface area (TPSA) is 93.5 Å². The molecular weight excluding hydrogens is 506 g/mol. The molecule has 192 valence electrons. The normalized spacial score (nSPS) is 16.7. The minimum atomic E-state index is -0.317. The Morgan fingerprint density at radius 2 is 2.14 bits per heavy atom. The van der Waals surface area contributed by atoms with E-state index in [-0.39, 0.29) is 18.2 Å². The molecule has 2 aromatic heterocycles. The number of nitrogens with zero attached hydrogens (tertiary/aromatic N) is 2. The summed E-state index contributed by atoms with van der Waals surface area (Å²) in [5, 5.41) is 16.4. The second-order valence-electron chi connectivity index (χ2n) is 10.2. The van der Waals surface area contributed by atoms with Gasteiger partial charge in [0.25, 0.3) is 0 Å². The van der Waals surface area contributed by atoms with E-state index >= 15 is 0 Å². The number of nitrogens with one attached hydrogen (secondary N) is 1. The molecule has 0 radical (unpaired) electrons. The lowest BCUT2D eigenvalue weighted by Crippen LogP contribution is -2.26. The molecule has 0 saturated carbocycles. The lowest BCUT2D eigenvalue weighted by Gasteiger charge is -2.33. The van der Waals surface area contributed by atoms with Crippen molar-refractivity contribution in [1.82, 2.24) is 4.98 Å². The Kier molecular flexibility index (Phi) is 6.97. The largest absolute Gasteiger partial charge is 0.462 e. The van der Waals surface area contributed by atoms with Crippen LogP contribution in [0.4, 0.5) is 5.00 Å². The highest BCUT2D eigenvalue weighted by atomic mass is 32.1. The van der Waals surface area contributed by atoms with Crippen LogP contribution in [0, 0.1) is 22.7 Å². The van der Waals surface area contributed by atoms with E-state index in [4.69, 9.17) is 14.2 Å². The molecule has 0 amide bonds. The number of nitriles is 1. The number of thiophene rings is 1. The monoisotopic (exact) mass is 535 g/mol. The van der Waals surface area contributed by atoms with Crippen LogP contribution in [0.3, 0.4) is 0 Å². The van der Waals surface area contributed by atoms with Crippen molar-refractivity contribution in [2.75, 3.05) is 18.7 Å². The third-order valence-corrected chi connectivity index (χ3v) is 8.90. The standard InChI is InChI=1S/C28H29N3O4S2/c1-5-33-27(32)24-19-8-7-18(28(2,3)4)11-23(19)37-26(24)30-13-17(12-29)25-31-20(14-36-25)16-6-9-21-22(10-16)35-15-34-21/h6,9-10,13-14,18,30H,5,7-8,11,15H2,1-4H3/b17-13-/t18-/m0/s1. The summed E-state index contributed by atoms with van der Waals surface area (Å²) in [4.78, 5) is 18.8. The number of rotatable bonds is 6. The summed E-state index contributed by atoms with van der Waals surface area (Å²) in [5.41, 5.74) is 3.92. The average Bonchev–Trinajstić information content (AvgIpc) is 3.61. The van der Waals surface area contributed by atoms with Gasteiger partial charge in [-0.15, -0.1) is 22.7 Å². The maximum absolute atomic E-state index is 12.9. The summed E-state index contributed by atoms with van der Waals surface area (Å²) in [7, 11) is 0. The highest BCUT2D eigenvalue weighted by molar-refractivity contribution is 7.16. The number of fused-ring (bicyclic) bond motifs is 2. The maximum Gasteiger partial charge on any atom is 0.341 e. The van der Waals surface area contributed by atoms with Crippen molar-refractivity contribution >= 4 is 39.2 Å². The van der Waals surface area contributed by atoms with Crippen LogP contribution < -0.4 is 14.8 Å². The second-order valence-corrected chi connectivity index (χ2v) is 12.1. The molecule has 1 N–H and O–H groups in total. The molecule has 7 nitrogen and oxygen atoms in total. The van der Waals surface area contributed by atoms with Crippen molar-refractivity contribution in [3.05, 3.63) is 50.8 Å². The number of ether oxygens (including phenoxy) is 3. The Bertz CT molecular complexity index is 1410. The molecule has 0 fully saturated rings. The number of carbonyl (C=O) groups is 1. The fourth-order valence-corrected chi connectivity index (χ4v) is 6.79. The Morgan fingerprint density at radius 3 is 2.89 bits per heavy atom. The van der Waals surface area contributed by atoms with E-state index in [0.29, 0.717) is 40.2 Å². The summed E-state index contributed by atoms with van der Waals surface area (Å²) in [5.74, 6) is 1.64. The van der Waals surface area contributed by atoms with Gasteiger partial charge in [0.1, 0.15) is 21.7 Å². The molecule has 1 aromatic carbocycles. The molecule has 0 unspecified atom stereocenters. The molecule has 9 heteroatoms. The fraction of sp³-hybridized carbons (Fsp3) is 0.393. The van der Waals surface area contributed by atoms with Crippen molar-refractivity contribution in [3.63, 3.8) is 0 Å². The Morgan fingerprint density at radius 1 is 1.32 bits per heavy atom. The molecule has 1 atom stereocenters. The molecular formula is C28H29N3O4S2. The molecule has 2 aliphatic rings. The number of aromatic nitrogens is 1. The number of hydrogen-bond donors (Lipinski definition) is 1. The first-order valence-electron chi connectivity index (χ1n) is 12.3. The van der Waals surface area contributed by atoms with Gasteiger partial charge in [-0.05, 0) is 61.3 Å². The lowest BCUT2D eigenvalue weighted by molar-refractivity contribution is 0.0526. The van der Waals surface area contributed by atoms with Gasteiger partial charge in [0, 0.05) is 22.0 Å². The van der Waals surface area contributed by atoms with Gasteiger partial charge in [-0.2, -0.15) is 5.26 Å². The highest BCUT2D eigenvalue weighted by Crippen LogP contribution is 2.45. The predicted molar refractivity (Wildman–Crippen MR) is 146 cm³/mol. The molecule has 0 saturated heterocycles. The van der Waals surface area contributed by atoms with E-state index < -0.39 is 0 Å². The third kappa shape index (κ3) is 5.09. The minimum absolute atomic E-state index is 0.202. The van der Waals surface area contributed by atoms with Gasteiger partial charge in [-0.3, -0.25) is 0 Å². The van der Waals surface area contributed by atoms with Gasteiger partial charge in [-0.1, -0.05) is 20.8 Å². The van der Waals surface area contributed by atoms with E-state index in [0.717, 1.165) is 41.1 Å². The van der Waals surface area contributed by atoms with Crippen LogP contribution in [0.25, 0.3) is 16.8 Å². The Hall–Kier alpha value is -3.35. The molecule has 3 heterocycles. The Balaban J connectivity index is 1.42. The Labute approximate surface area is 224 Å². The number of anilines is 1. The summed E-state index contributed by atoms with van der Waals surface area (Å²) in [6, 6.07) is 7.92. The predicted octanol–water partition coefficient (Wildman–Crippen LogP) is 6.90. The number of benzene rings is 1. The SMILES string of the molecule is CCOC(=O)c1c(N/C=C(/C#N)c2nc(-c3ccc4c(c3)OCO4)cs2)sc2c1CC[C@H](C(C)(C)C)C2. The van der Waals surface area contributed by atoms with Gasteiger partial charge in [0.05, 0.1) is 17.9 Å². The number of thiazole rings is 1. The zero-order valence-corrected chi connectivity index (χ0v) is 23.0. The molecule has 1 aliphatic carbocycles. The highest BCUT2D eigenvalue weighted by Gasteiger charge is 2.34. The van der Waals surface area contributed by atoms with Crippen molar-refractivity contribution in [3.8, 4) is 28.8 Å². The van der Waals surface area contributed by atoms with Gasteiger partial charge in [-0.25, -0.2) is 9.78 Å². The summed E-state index contributed by atoms with van der Waals surface area (Å²) >= 11 is 2.98. The molecule has 1 aliphatic heterocycles. The van der Waals surface area contributed by atoms with Crippen LogP contribution in [-0.2, 0) is 17.6 Å². The van der Waals surface area contributed by atoms with E-state index in [1.807, 2.05) is 30.5 Å². The first kappa shape index (κ1) is 25.3. The number of esters is 1. The molecule has 5 rings (SSSR count). The molecule has 37 heavy (non-hydrogen) atoms. The first-order chi connectivity index (χ1) is 17.8. The van der Waals surface area contributed by atoms with Crippen molar-refractivity contribution < 1.29 is 19.0 Å². The van der Waals surface area contributed by atoms with Crippen LogP contribution in [0.1, 0.15) is 59.9 Å². The number of allylic oxidation sites excluding steroid dienone is 1. The lowest BCUT2D eigenvalue weighted by atomic mass is 9.72. The van der Waals surface area contributed by atoms with Crippen LogP contribution >= 0.6 is 22.7 Å². The van der Waals surface area contributed by atoms with Crippen LogP contribution in [0.2, 0.25) is 0 Å². The van der Waals surface area contributed by atoms with Gasteiger partial charge < -0.3 is 19.5 Å². The zero-order chi connectivity index (χ0) is 26.2. The fourth-order valence-electron chi connectivity index (χ4n) is 4.71. The third-order valence-electron chi connectivity index (χ3n) is 6.84. The van der Waals surface area contributed by atoms with Crippen molar-refractivity contribution in [1.29, 1.82) is 5.26 Å². The number of hydrogen-bond acceptors (Lipinski definition) is 9. The zero-order valence-electron chi connectivity index (χ0n) is 21.3.